The molecule has 1 rings (SSSR count). The zero-order valence-electron chi connectivity index (χ0n) is 7.88. The molecular formula is C10H10N2O3. The highest BCUT2D eigenvalue weighted by Crippen LogP contribution is 2.05. The Labute approximate surface area is 86.4 Å². The van der Waals surface area contributed by atoms with E-state index in [0.717, 1.165) is 0 Å². The van der Waals surface area contributed by atoms with E-state index in [0.29, 0.717) is 11.9 Å². The summed E-state index contributed by atoms with van der Waals surface area (Å²) >= 11 is 0. The van der Waals surface area contributed by atoms with Gasteiger partial charge in [0.25, 0.3) is 0 Å². The topological polar surface area (TPSA) is 78.8 Å². The van der Waals surface area contributed by atoms with Gasteiger partial charge in [0, 0.05) is 5.69 Å². The SMILES string of the molecule is O=C(C=NO)CC(=O)Nc1ccccc1. The van der Waals surface area contributed by atoms with E-state index >= 15 is 0 Å². The van der Waals surface area contributed by atoms with Gasteiger partial charge in [0.05, 0.1) is 6.42 Å². The molecule has 78 valence electrons. The van der Waals surface area contributed by atoms with Crippen LogP contribution in [-0.4, -0.2) is 23.1 Å². The van der Waals surface area contributed by atoms with Gasteiger partial charge < -0.3 is 10.5 Å². The van der Waals surface area contributed by atoms with E-state index in [4.69, 9.17) is 5.21 Å². The number of para-hydroxylation sites is 1. The predicted octanol–water partition coefficient (Wildman–Crippen LogP) is 1.04. The first-order valence-electron chi connectivity index (χ1n) is 4.27. The van der Waals surface area contributed by atoms with E-state index in [-0.39, 0.29) is 6.42 Å². The van der Waals surface area contributed by atoms with Crippen LogP contribution in [0.1, 0.15) is 6.42 Å². The van der Waals surface area contributed by atoms with Gasteiger partial charge in [0.15, 0.2) is 5.78 Å². The van der Waals surface area contributed by atoms with Crippen molar-refractivity contribution >= 4 is 23.6 Å². The van der Waals surface area contributed by atoms with Crippen molar-refractivity contribution in [3.63, 3.8) is 0 Å². The van der Waals surface area contributed by atoms with Crippen molar-refractivity contribution < 1.29 is 14.8 Å². The molecule has 15 heavy (non-hydrogen) atoms. The second-order valence-electron chi connectivity index (χ2n) is 2.80. The molecule has 0 aliphatic rings. The molecule has 0 heterocycles. The maximum absolute atomic E-state index is 11.2. The Morgan fingerprint density at radius 1 is 1.33 bits per heavy atom. The van der Waals surface area contributed by atoms with Gasteiger partial charge >= 0.3 is 0 Å². The Morgan fingerprint density at radius 2 is 2.00 bits per heavy atom. The summed E-state index contributed by atoms with van der Waals surface area (Å²) in [4.78, 5) is 22.1. The molecule has 0 radical (unpaired) electrons. The first-order valence-corrected chi connectivity index (χ1v) is 4.27. The summed E-state index contributed by atoms with van der Waals surface area (Å²) < 4.78 is 0. The van der Waals surface area contributed by atoms with Crippen molar-refractivity contribution in [3.8, 4) is 0 Å². The summed E-state index contributed by atoms with van der Waals surface area (Å²) in [5.41, 5.74) is 0.622. The third-order valence-electron chi connectivity index (χ3n) is 1.59. The van der Waals surface area contributed by atoms with Crippen LogP contribution in [0.25, 0.3) is 0 Å². The highest BCUT2D eigenvalue weighted by Gasteiger charge is 2.07. The van der Waals surface area contributed by atoms with Crippen LogP contribution in [0.15, 0.2) is 35.5 Å². The second kappa shape index (κ2) is 5.54. The number of ketones is 1. The molecule has 0 bridgehead atoms. The molecule has 5 nitrogen and oxygen atoms in total. The molecule has 0 saturated heterocycles. The normalized spacial score (nSPS) is 10.1. The van der Waals surface area contributed by atoms with Gasteiger partial charge in [-0.2, -0.15) is 0 Å². The van der Waals surface area contributed by atoms with Crippen LogP contribution in [0, 0.1) is 0 Å². The van der Waals surface area contributed by atoms with E-state index in [1.807, 2.05) is 6.07 Å². The van der Waals surface area contributed by atoms with Gasteiger partial charge in [-0.3, -0.25) is 9.59 Å². The van der Waals surface area contributed by atoms with Gasteiger partial charge in [-0.25, -0.2) is 0 Å². The van der Waals surface area contributed by atoms with E-state index in [9.17, 15) is 9.59 Å². The summed E-state index contributed by atoms with van der Waals surface area (Å²) in [6.07, 6.45) is 0.365. The van der Waals surface area contributed by atoms with Crippen molar-refractivity contribution in [2.75, 3.05) is 5.32 Å². The average molecular weight is 206 g/mol. The highest BCUT2D eigenvalue weighted by atomic mass is 16.4. The first kappa shape index (κ1) is 10.9. The molecule has 5 heteroatoms. The third kappa shape index (κ3) is 4.04. The minimum Gasteiger partial charge on any atom is -0.411 e. The molecule has 0 fully saturated rings. The Morgan fingerprint density at radius 3 is 2.60 bits per heavy atom. The molecule has 0 aromatic heterocycles. The quantitative estimate of drug-likeness (QED) is 0.334. The van der Waals surface area contributed by atoms with Crippen molar-refractivity contribution in [3.05, 3.63) is 30.3 Å². The van der Waals surface area contributed by atoms with Crippen LogP contribution in [0.2, 0.25) is 0 Å². The van der Waals surface area contributed by atoms with Crippen LogP contribution in [0.4, 0.5) is 5.69 Å². The summed E-state index contributed by atoms with van der Waals surface area (Å²) in [5, 5.41) is 13.1. The fraction of sp³-hybridized carbons (Fsp3) is 0.100. The Hall–Kier alpha value is -2.17. The molecule has 1 amide bonds. The number of carbonyl (C=O) groups is 2. The number of rotatable bonds is 4. The molecule has 1 aromatic carbocycles. The summed E-state index contributed by atoms with van der Waals surface area (Å²) in [6.45, 7) is 0. The summed E-state index contributed by atoms with van der Waals surface area (Å²) in [6, 6.07) is 8.78. The Bertz CT molecular complexity index is 374. The molecule has 0 unspecified atom stereocenters. The van der Waals surface area contributed by atoms with Crippen LogP contribution < -0.4 is 5.32 Å². The van der Waals surface area contributed by atoms with Crippen LogP contribution >= 0.6 is 0 Å². The van der Waals surface area contributed by atoms with Gasteiger partial charge in [-0.15, -0.1) is 0 Å². The van der Waals surface area contributed by atoms with Gasteiger partial charge in [0.2, 0.25) is 5.91 Å². The van der Waals surface area contributed by atoms with Crippen molar-refractivity contribution in [2.45, 2.75) is 6.42 Å². The molecule has 0 saturated carbocycles. The molecule has 2 N–H and O–H groups in total. The van der Waals surface area contributed by atoms with E-state index in [2.05, 4.69) is 10.5 Å². The number of anilines is 1. The second-order valence-corrected chi connectivity index (χ2v) is 2.80. The molecule has 1 aromatic rings. The number of benzene rings is 1. The lowest BCUT2D eigenvalue weighted by molar-refractivity contribution is -0.121. The fourth-order valence-corrected chi connectivity index (χ4v) is 0.995. The van der Waals surface area contributed by atoms with Crippen molar-refractivity contribution in [1.29, 1.82) is 0 Å². The third-order valence-corrected chi connectivity index (χ3v) is 1.59. The molecular weight excluding hydrogens is 196 g/mol. The molecule has 0 spiro atoms. The standard InChI is InChI=1S/C10H10N2O3/c13-9(7-11-15)6-10(14)12-8-4-2-1-3-5-8/h1-5,7,15H,6H2,(H,12,14). The fourth-order valence-electron chi connectivity index (χ4n) is 0.995. The minimum atomic E-state index is -0.550. The van der Waals surface area contributed by atoms with E-state index in [1.165, 1.54) is 0 Å². The lowest BCUT2D eigenvalue weighted by Crippen LogP contribution is -2.16. The van der Waals surface area contributed by atoms with Crippen molar-refractivity contribution in [1.82, 2.24) is 0 Å². The highest BCUT2D eigenvalue weighted by molar-refractivity contribution is 6.32. The van der Waals surface area contributed by atoms with Crippen LogP contribution in [-0.2, 0) is 9.59 Å². The zero-order valence-corrected chi connectivity index (χ0v) is 7.88. The number of amides is 1. The van der Waals surface area contributed by atoms with Gasteiger partial charge in [0.1, 0.15) is 6.21 Å². The predicted molar refractivity (Wildman–Crippen MR) is 55.0 cm³/mol. The van der Waals surface area contributed by atoms with E-state index in [1.54, 1.807) is 24.3 Å². The maximum Gasteiger partial charge on any atom is 0.232 e. The Kier molecular flexibility index (Phi) is 4.03. The molecule has 0 aliphatic heterocycles. The first-order chi connectivity index (χ1) is 7.22. The zero-order chi connectivity index (χ0) is 11.1. The van der Waals surface area contributed by atoms with Crippen LogP contribution in [0.3, 0.4) is 0 Å². The molecule has 0 aliphatic carbocycles. The Balaban J connectivity index is 2.47. The number of hydrogen-bond donors (Lipinski definition) is 2. The largest absolute Gasteiger partial charge is 0.411 e. The van der Waals surface area contributed by atoms with Crippen molar-refractivity contribution in [2.24, 2.45) is 5.16 Å². The maximum atomic E-state index is 11.2. The molecule has 0 atom stereocenters. The van der Waals surface area contributed by atoms with Gasteiger partial charge in [-0.05, 0) is 12.1 Å². The number of oxime groups is 1. The van der Waals surface area contributed by atoms with Crippen LogP contribution in [0.5, 0.6) is 0 Å². The number of nitrogens with one attached hydrogen (secondary N) is 1. The smallest absolute Gasteiger partial charge is 0.232 e. The summed E-state index contributed by atoms with van der Waals surface area (Å²) in [7, 11) is 0. The minimum absolute atomic E-state index is 0.334. The van der Waals surface area contributed by atoms with E-state index < -0.39 is 11.7 Å². The number of hydrogen-bond acceptors (Lipinski definition) is 4. The monoisotopic (exact) mass is 206 g/mol. The number of nitrogens with zero attached hydrogens (tertiary/aromatic N) is 1. The van der Waals surface area contributed by atoms with Gasteiger partial charge in [-0.1, -0.05) is 23.4 Å². The number of Topliss-reactive ketones (excluding diaryl/α,β-unsaturated/α-hetero) is 1. The number of carbonyl (C=O) groups excluding carboxylic acids is 2. The lowest BCUT2D eigenvalue weighted by atomic mass is 10.2. The average Bonchev–Trinajstić information content (AvgIpc) is 2.19. The lowest BCUT2D eigenvalue weighted by Gasteiger charge is -2.02. The summed E-state index contributed by atoms with van der Waals surface area (Å²) in [5.74, 6) is -0.989.